The molecule has 0 saturated heterocycles. The molecule has 0 atom stereocenters. The van der Waals surface area contributed by atoms with Gasteiger partial charge in [-0.1, -0.05) is 26.0 Å². The number of rotatable bonds is 6. The molecule has 25 heavy (non-hydrogen) atoms. The van der Waals surface area contributed by atoms with Gasteiger partial charge in [0.2, 0.25) is 5.88 Å². The summed E-state index contributed by atoms with van der Waals surface area (Å²) in [5, 5.41) is 1.21. The van der Waals surface area contributed by atoms with Crippen LogP contribution in [0.2, 0.25) is 0 Å². The minimum Gasteiger partial charge on any atom is -0.497 e. The Morgan fingerprint density at radius 1 is 1.08 bits per heavy atom. The van der Waals surface area contributed by atoms with Gasteiger partial charge < -0.3 is 14.0 Å². The fourth-order valence-electron chi connectivity index (χ4n) is 3.03. The number of fused-ring (bicyclic) bond motifs is 1. The first-order valence-electron chi connectivity index (χ1n) is 8.71. The van der Waals surface area contributed by atoms with Crippen molar-refractivity contribution in [3.63, 3.8) is 0 Å². The van der Waals surface area contributed by atoms with Crippen LogP contribution in [0.4, 0.5) is 0 Å². The van der Waals surface area contributed by atoms with Crippen LogP contribution in [-0.2, 0) is 6.54 Å². The highest BCUT2D eigenvalue weighted by Gasteiger charge is 2.16. The molecule has 0 aliphatic rings. The Balaban J connectivity index is 2.04. The molecule has 0 radical (unpaired) electrons. The molecule has 3 aromatic rings. The van der Waals surface area contributed by atoms with Gasteiger partial charge in [-0.2, -0.15) is 0 Å². The molecule has 3 rings (SSSR count). The van der Waals surface area contributed by atoms with Gasteiger partial charge in [0.05, 0.1) is 13.7 Å². The summed E-state index contributed by atoms with van der Waals surface area (Å²) in [6, 6.07) is 10.3. The van der Waals surface area contributed by atoms with Gasteiger partial charge in [0.15, 0.2) is 0 Å². The monoisotopic (exact) mass is 338 g/mol. The van der Waals surface area contributed by atoms with E-state index in [1.54, 1.807) is 7.11 Å². The molecule has 0 amide bonds. The van der Waals surface area contributed by atoms with Crippen LogP contribution in [0.25, 0.3) is 10.9 Å². The number of ether oxygens (including phenoxy) is 2. The minimum absolute atomic E-state index is 0.462. The standard InChI is InChI=1S/C21H26N2O2/c1-14(2)13-25-21-20-19(10-11-22-21)15(3)16(4)23(20)12-17-6-8-18(24-5)9-7-17/h6-11,14H,12-13H2,1-5H3. The Hall–Kier alpha value is -2.49. The Labute approximate surface area is 149 Å². The fourth-order valence-corrected chi connectivity index (χ4v) is 3.03. The first-order valence-corrected chi connectivity index (χ1v) is 8.71. The lowest BCUT2D eigenvalue weighted by atomic mass is 10.2. The molecule has 1 aromatic carbocycles. The normalized spacial score (nSPS) is 11.3. The second kappa shape index (κ2) is 7.18. The quantitative estimate of drug-likeness (QED) is 0.651. The average molecular weight is 338 g/mol. The van der Waals surface area contributed by atoms with E-state index in [1.165, 1.54) is 22.2 Å². The van der Waals surface area contributed by atoms with E-state index in [2.05, 4.69) is 55.4 Å². The van der Waals surface area contributed by atoms with Crippen LogP contribution in [-0.4, -0.2) is 23.3 Å². The van der Waals surface area contributed by atoms with E-state index >= 15 is 0 Å². The number of hydrogen-bond acceptors (Lipinski definition) is 3. The molecule has 0 N–H and O–H groups in total. The molecule has 0 fully saturated rings. The summed E-state index contributed by atoms with van der Waals surface area (Å²) in [5.41, 5.74) is 4.82. The van der Waals surface area contributed by atoms with E-state index in [0.29, 0.717) is 12.5 Å². The summed E-state index contributed by atoms with van der Waals surface area (Å²) in [5.74, 6) is 2.05. The molecule has 132 valence electrons. The molecule has 4 nitrogen and oxygen atoms in total. The second-order valence-corrected chi connectivity index (χ2v) is 6.86. The van der Waals surface area contributed by atoms with Crippen molar-refractivity contribution >= 4 is 10.9 Å². The number of pyridine rings is 1. The van der Waals surface area contributed by atoms with Crippen LogP contribution in [0, 0.1) is 19.8 Å². The lowest BCUT2D eigenvalue weighted by Crippen LogP contribution is -2.08. The van der Waals surface area contributed by atoms with Gasteiger partial charge in [0.25, 0.3) is 0 Å². The molecular formula is C21H26N2O2. The molecule has 0 aliphatic carbocycles. The first kappa shape index (κ1) is 17.3. The summed E-state index contributed by atoms with van der Waals surface area (Å²) in [7, 11) is 1.69. The van der Waals surface area contributed by atoms with Crippen LogP contribution in [0.5, 0.6) is 11.6 Å². The topological polar surface area (TPSA) is 36.3 Å². The van der Waals surface area contributed by atoms with Crippen molar-refractivity contribution in [2.75, 3.05) is 13.7 Å². The molecule has 0 saturated carbocycles. The zero-order chi connectivity index (χ0) is 18.0. The molecule has 2 heterocycles. The number of methoxy groups -OCH3 is 1. The molecule has 0 unspecified atom stereocenters. The number of hydrogen-bond donors (Lipinski definition) is 0. The Morgan fingerprint density at radius 3 is 2.44 bits per heavy atom. The van der Waals surface area contributed by atoms with Gasteiger partial charge in [0.1, 0.15) is 11.3 Å². The number of aryl methyl sites for hydroxylation is 1. The molecular weight excluding hydrogens is 312 g/mol. The predicted octanol–water partition coefficient (Wildman–Crippen LogP) is 4.74. The number of aromatic nitrogens is 2. The lowest BCUT2D eigenvalue weighted by Gasteiger charge is -2.13. The van der Waals surface area contributed by atoms with Crippen molar-refractivity contribution in [3.8, 4) is 11.6 Å². The maximum atomic E-state index is 6.01. The predicted molar refractivity (Wildman–Crippen MR) is 102 cm³/mol. The molecule has 0 spiro atoms. The largest absolute Gasteiger partial charge is 0.497 e. The second-order valence-electron chi connectivity index (χ2n) is 6.86. The van der Waals surface area contributed by atoms with Crippen molar-refractivity contribution in [1.82, 2.24) is 9.55 Å². The minimum atomic E-state index is 0.462. The van der Waals surface area contributed by atoms with Crippen LogP contribution in [0.3, 0.4) is 0 Å². The van der Waals surface area contributed by atoms with E-state index in [1.807, 2.05) is 18.3 Å². The van der Waals surface area contributed by atoms with Crippen molar-refractivity contribution < 1.29 is 9.47 Å². The summed E-state index contributed by atoms with van der Waals surface area (Å²) in [6.45, 7) is 10.1. The van der Waals surface area contributed by atoms with Crippen molar-refractivity contribution in [3.05, 3.63) is 53.3 Å². The van der Waals surface area contributed by atoms with E-state index in [0.717, 1.165) is 23.7 Å². The number of benzene rings is 1. The highest BCUT2D eigenvalue weighted by atomic mass is 16.5. The average Bonchev–Trinajstić information content (AvgIpc) is 2.86. The number of nitrogens with zero attached hydrogens (tertiary/aromatic N) is 2. The van der Waals surface area contributed by atoms with E-state index in [9.17, 15) is 0 Å². The Morgan fingerprint density at radius 2 is 1.80 bits per heavy atom. The Kier molecular flexibility index (Phi) is 4.98. The summed E-state index contributed by atoms with van der Waals surface area (Å²) in [4.78, 5) is 4.50. The zero-order valence-corrected chi connectivity index (χ0v) is 15.7. The third-order valence-electron chi connectivity index (χ3n) is 4.57. The van der Waals surface area contributed by atoms with Gasteiger partial charge in [-0.05, 0) is 49.1 Å². The van der Waals surface area contributed by atoms with Crippen LogP contribution in [0.15, 0.2) is 36.5 Å². The maximum Gasteiger partial charge on any atom is 0.238 e. The van der Waals surface area contributed by atoms with Crippen LogP contribution >= 0.6 is 0 Å². The van der Waals surface area contributed by atoms with E-state index < -0.39 is 0 Å². The molecule has 0 bridgehead atoms. The third kappa shape index (κ3) is 3.48. The molecule has 0 aliphatic heterocycles. The summed E-state index contributed by atoms with van der Waals surface area (Å²) >= 11 is 0. The van der Waals surface area contributed by atoms with Gasteiger partial charge >= 0.3 is 0 Å². The van der Waals surface area contributed by atoms with Crippen molar-refractivity contribution in [1.29, 1.82) is 0 Å². The van der Waals surface area contributed by atoms with Gasteiger partial charge in [-0.3, -0.25) is 0 Å². The third-order valence-corrected chi connectivity index (χ3v) is 4.57. The van der Waals surface area contributed by atoms with Crippen LogP contribution < -0.4 is 9.47 Å². The summed E-state index contributed by atoms with van der Waals surface area (Å²) < 4.78 is 13.6. The van der Waals surface area contributed by atoms with Gasteiger partial charge in [0, 0.05) is 23.8 Å². The molecule has 4 heteroatoms. The smallest absolute Gasteiger partial charge is 0.238 e. The van der Waals surface area contributed by atoms with Crippen molar-refractivity contribution in [2.45, 2.75) is 34.2 Å². The van der Waals surface area contributed by atoms with E-state index in [-0.39, 0.29) is 0 Å². The van der Waals surface area contributed by atoms with Crippen LogP contribution in [0.1, 0.15) is 30.7 Å². The zero-order valence-electron chi connectivity index (χ0n) is 15.7. The lowest BCUT2D eigenvalue weighted by molar-refractivity contribution is 0.263. The van der Waals surface area contributed by atoms with Crippen molar-refractivity contribution in [2.24, 2.45) is 5.92 Å². The maximum absolute atomic E-state index is 6.01. The van der Waals surface area contributed by atoms with E-state index in [4.69, 9.17) is 9.47 Å². The molecule has 2 aromatic heterocycles. The fraction of sp³-hybridized carbons (Fsp3) is 0.381. The first-order chi connectivity index (χ1) is 12.0. The summed E-state index contributed by atoms with van der Waals surface area (Å²) in [6.07, 6.45) is 1.84. The highest BCUT2D eigenvalue weighted by Crippen LogP contribution is 2.31. The Bertz CT molecular complexity index is 864. The van der Waals surface area contributed by atoms with Gasteiger partial charge in [-0.15, -0.1) is 0 Å². The highest BCUT2D eigenvalue weighted by molar-refractivity contribution is 5.89. The van der Waals surface area contributed by atoms with Gasteiger partial charge in [-0.25, -0.2) is 4.98 Å². The SMILES string of the molecule is COc1ccc(Cn2c(C)c(C)c3ccnc(OCC(C)C)c32)cc1.